The molecule has 0 saturated carbocycles. The predicted molar refractivity (Wildman–Crippen MR) is 132 cm³/mol. The van der Waals surface area contributed by atoms with Gasteiger partial charge in [0, 0.05) is 24.5 Å². The second kappa shape index (κ2) is 16.1. The Morgan fingerprint density at radius 1 is 1.17 bits per heavy atom. The number of ether oxygens (including phenoxy) is 1. The molecule has 2 unspecified atom stereocenters. The SMILES string of the molecule is COC(=O)C1C2CC[C@H](C[C@@H]1c1ccc(F)cc1)N2CCCN(CC[S-])CC(=O)[N-]CC[S-].[O]=[Tc+4]. The predicted octanol–water partition coefficient (Wildman–Crippen LogP) is 2.50. The molecule has 2 fully saturated rings. The van der Waals surface area contributed by atoms with Crippen LogP contribution in [0.2, 0.25) is 0 Å². The first-order chi connectivity index (χ1) is 17.0. The van der Waals surface area contributed by atoms with Gasteiger partial charge >= 0.3 is 28.3 Å². The second-order valence-electron chi connectivity index (χ2n) is 8.79. The zero-order chi connectivity index (χ0) is 25.8. The van der Waals surface area contributed by atoms with Gasteiger partial charge in [0.05, 0.1) is 18.9 Å². The van der Waals surface area contributed by atoms with E-state index in [9.17, 15) is 14.0 Å². The molecular formula is C24H33FN3O4S2Tc+. The van der Waals surface area contributed by atoms with E-state index >= 15 is 0 Å². The Labute approximate surface area is 229 Å². The molecular weight excluding hydrogens is 575 g/mol. The van der Waals surface area contributed by atoms with Crippen LogP contribution in [0.15, 0.2) is 24.3 Å². The van der Waals surface area contributed by atoms with Gasteiger partial charge in [-0.05, 0) is 63.0 Å². The van der Waals surface area contributed by atoms with Crippen molar-refractivity contribution in [1.82, 2.24) is 9.80 Å². The summed E-state index contributed by atoms with van der Waals surface area (Å²) in [4.78, 5) is 29.4. The third-order valence-electron chi connectivity index (χ3n) is 6.87. The minimum absolute atomic E-state index is 0.0344. The molecule has 0 aromatic heterocycles. The summed E-state index contributed by atoms with van der Waals surface area (Å²) in [5, 5.41) is 3.97. The average Bonchev–Trinajstić information content (AvgIpc) is 3.14. The molecule has 1 amide bonds. The molecule has 1 aromatic carbocycles. The molecule has 193 valence electrons. The number of nitrogens with zero attached hydrogens (tertiary/aromatic N) is 3. The quantitative estimate of drug-likeness (QED) is 0.265. The van der Waals surface area contributed by atoms with Crippen molar-refractivity contribution in [3.8, 4) is 0 Å². The normalized spacial score (nSPS) is 23.5. The van der Waals surface area contributed by atoms with Crippen molar-refractivity contribution in [1.29, 1.82) is 0 Å². The van der Waals surface area contributed by atoms with Crippen molar-refractivity contribution in [2.24, 2.45) is 5.92 Å². The van der Waals surface area contributed by atoms with E-state index in [1.807, 2.05) is 0 Å². The van der Waals surface area contributed by atoms with E-state index in [4.69, 9.17) is 33.5 Å². The first-order valence-electron chi connectivity index (χ1n) is 11.8. The summed E-state index contributed by atoms with van der Waals surface area (Å²) in [7, 11) is 1.44. The number of piperidine rings is 1. The molecule has 11 heteroatoms. The molecule has 3 rings (SSSR count). The molecule has 2 aliphatic rings. The maximum absolute atomic E-state index is 13.5. The second-order valence-corrected chi connectivity index (χ2v) is 9.61. The fourth-order valence-electron chi connectivity index (χ4n) is 5.46. The van der Waals surface area contributed by atoms with Crippen molar-refractivity contribution < 1.29 is 41.1 Å². The van der Waals surface area contributed by atoms with Gasteiger partial charge < -0.3 is 40.1 Å². The first-order valence-corrected chi connectivity index (χ1v) is 13.7. The number of benzene rings is 1. The van der Waals surface area contributed by atoms with Crippen molar-refractivity contribution in [3.05, 3.63) is 41.0 Å². The van der Waals surface area contributed by atoms with Crippen LogP contribution < -0.4 is 0 Å². The first kappa shape index (κ1) is 30.4. The third kappa shape index (κ3) is 8.61. The number of hydrogen-bond donors (Lipinski definition) is 0. The third-order valence-corrected chi connectivity index (χ3v) is 7.24. The Morgan fingerprint density at radius 3 is 2.51 bits per heavy atom. The van der Waals surface area contributed by atoms with E-state index < -0.39 is 0 Å². The fourth-order valence-corrected chi connectivity index (χ4v) is 5.81. The molecule has 2 heterocycles. The average molecular weight is 609 g/mol. The van der Waals surface area contributed by atoms with Crippen LogP contribution in [0, 0.1) is 11.7 Å². The van der Waals surface area contributed by atoms with Gasteiger partial charge in [0.1, 0.15) is 5.82 Å². The summed E-state index contributed by atoms with van der Waals surface area (Å²) in [5.74, 6) is 0.176. The molecule has 7 nitrogen and oxygen atoms in total. The van der Waals surface area contributed by atoms with Crippen LogP contribution in [0.1, 0.15) is 37.2 Å². The summed E-state index contributed by atoms with van der Waals surface area (Å²) < 4.78 is 26.9. The fraction of sp³-hybridized carbons (Fsp3) is 0.667. The van der Waals surface area contributed by atoms with Crippen molar-refractivity contribution in [2.75, 3.05) is 51.3 Å². The Bertz CT molecular complexity index is 807. The van der Waals surface area contributed by atoms with Gasteiger partial charge in [-0.3, -0.25) is 14.6 Å². The van der Waals surface area contributed by atoms with Crippen LogP contribution in [0.25, 0.3) is 5.32 Å². The summed E-state index contributed by atoms with van der Waals surface area (Å²) in [5.41, 5.74) is 1.00. The number of carbonyl (C=O) groups is 2. The van der Waals surface area contributed by atoms with Crippen LogP contribution in [-0.2, 0) is 61.9 Å². The zero-order valence-electron chi connectivity index (χ0n) is 19.9. The van der Waals surface area contributed by atoms with Crippen molar-refractivity contribution in [2.45, 2.75) is 43.7 Å². The summed E-state index contributed by atoms with van der Waals surface area (Å²) in [6.07, 6.45) is 3.74. The summed E-state index contributed by atoms with van der Waals surface area (Å²) in [6.45, 7) is 2.94. The van der Waals surface area contributed by atoms with Gasteiger partial charge in [-0.25, -0.2) is 4.39 Å². The molecule has 2 aliphatic heterocycles. The van der Waals surface area contributed by atoms with Crippen molar-refractivity contribution >= 4 is 37.1 Å². The Morgan fingerprint density at radius 2 is 1.89 bits per heavy atom. The summed E-state index contributed by atoms with van der Waals surface area (Å²) >= 11 is 10.9. The van der Waals surface area contributed by atoms with Gasteiger partial charge in [-0.15, -0.1) is 0 Å². The van der Waals surface area contributed by atoms with E-state index in [1.165, 1.54) is 19.2 Å². The molecule has 4 atom stereocenters. The molecule has 0 spiro atoms. The molecule has 35 heavy (non-hydrogen) atoms. The number of halogens is 1. The Kier molecular flexibility index (Phi) is 14.0. The monoisotopic (exact) mass is 607 g/mol. The number of amides is 1. The Balaban J connectivity index is 0.00000210. The standard InChI is InChI=1S/C24H36FN3O3S2.O.Tc/c1-31-24(30)23-20(17-3-5-18(25)6-4-17)15-19-7-8-21(23)28(19)11-2-10-27(12-14-33)16-22(29)26-9-13-32;;/h3-6,19-21,23H,2,7-16H2,1H3,(H3,26,29,32,33);;/q;;+4/p-3/t19-,20-,21?,23?;;/m1../s1. The molecule has 1 aromatic rings. The zero-order valence-corrected chi connectivity index (χ0v) is 23.4. The number of fused-ring (bicyclic) bond motifs is 2. The number of rotatable bonds is 12. The van der Waals surface area contributed by atoms with Crippen LogP contribution in [0.4, 0.5) is 4.39 Å². The van der Waals surface area contributed by atoms with Crippen molar-refractivity contribution in [3.63, 3.8) is 0 Å². The van der Waals surface area contributed by atoms with E-state index in [2.05, 4.69) is 15.1 Å². The number of carbonyl (C=O) groups excluding carboxylic acids is 2. The molecule has 2 bridgehead atoms. The number of esters is 1. The molecule has 0 aliphatic carbocycles. The number of hydrogen-bond acceptors (Lipinski definition) is 8. The van der Waals surface area contributed by atoms with Gasteiger partial charge in [-0.2, -0.15) is 18.1 Å². The van der Waals surface area contributed by atoms with E-state index in [1.54, 1.807) is 12.1 Å². The minimum atomic E-state index is -0.271. The van der Waals surface area contributed by atoms with E-state index in [-0.39, 0.29) is 42.1 Å². The maximum atomic E-state index is 13.5. The van der Waals surface area contributed by atoms with Crippen LogP contribution in [0.5, 0.6) is 0 Å². The van der Waals surface area contributed by atoms with E-state index in [0.717, 1.165) is 63.2 Å². The topological polar surface area (TPSA) is 81.0 Å². The van der Waals surface area contributed by atoms with Gasteiger partial charge in [0.2, 0.25) is 0 Å². The molecule has 2 saturated heterocycles. The Hall–Kier alpha value is -0.841. The van der Waals surface area contributed by atoms with Gasteiger partial charge in [0.15, 0.2) is 0 Å². The van der Waals surface area contributed by atoms with E-state index in [0.29, 0.717) is 30.6 Å². The molecule has 0 radical (unpaired) electrons. The van der Waals surface area contributed by atoms with Crippen LogP contribution in [-0.4, -0.2) is 85.1 Å². The van der Waals surface area contributed by atoms with Crippen LogP contribution >= 0.6 is 0 Å². The van der Waals surface area contributed by atoms with Gasteiger partial charge in [0.25, 0.3) is 0 Å². The summed E-state index contributed by atoms with van der Waals surface area (Å²) in [6, 6.07) is 7.03. The van der Waals surface area contributed by atoms with Crippen LogP contribution in [0.3, 0.4) is 0 Å². The van der Waals surface area contributed by atoms with Gasteiger partial charge in [-0.1, -0.05) is 12.1 Å². The number of methoxy groups -OCH3 is 1. The molecule has 0 N–H and O–H groups in total.